The maximum Gasteiger partial charge on any atom is 0.255 e. The van der Waals surface area contributed by atoms with E-state index in [0.29, 0.717) is 22.9 Å². The highest BCUT2D eigenvalue weighted by Crippen LogP contribution is 2.23. The van der Waals surface area contributed by atoms with Crippen LogP contribution in [0.3, 0.4) is 0 Å². The first kappa shape index (κ1) is 19.3. The predicted octanol–water partition coefficient (Wildman–Crippen LogP) is 5.77. The zero-order chi connectivity index (χ0) is 20.1. The van der Waals surface area contributed by atoms with E-state index in [1.54, 1.807) is 12.1 Å². The van der Waals surface area contributed by atoms with Gasteiger partial charge in [-0.2, -0.15) is 0 Å². The third kappa shape index (κ3) is 4.90. The number of carbonyl (C=O) groups is 1. The average Bonchev–Trinajstić information content (AvgIpc) is 3.29. The van der Waals surface area contributed by atoms with Crippen LogP contribution in [0.4, 0.5) is 11.4 Å². The topological polar surface area (TPSA) is 41.6 Å². The SMILES string of the molecule is O=C(Nc1ccc(N2CCCC2)cc1)c1cccc(OCc2ccccc2Cl)c1. The monoisotopic (exact) mass is 406 g/mol. The molecule has 0 atom stereocenters. The third-order valence-corrected chi connectivity index (χ3v) is 5.41. The molecule has 1 amide bonds. The summed E-state index contributed by atoms with van der Waals surface area (Å²) in [5.74, 6) is 0.462. The van der Waals surface area contributed by atoms with Crippen LogP contribution in [0.1, 0.15) is 28.8 Å². The Morgan fingerprint density at radius 1 is 0.966 bits per heavy atom. The molecule has 3 aromatic rings. The summed E-state index contributed by atoms with van der Waals surface area (Å²) in [5.41, 5.74) is 3.43. The van der Waals surface area contributed by atoms with E-state index >= 15 is 0 Å². The van der Waals surface area contributed by atoms with Gasteiger partial charge in [-0.3, -0.25) is 4.79 Å². The number of ether oxygens (including phenoxy) is 1. The number of hydrogen-bond donors (Lipinski definition) is 1. The smallest absolute Gasteiger partial charge is 0.255 e. The Bertz CT molecular complexity index is 982. The van der Waals surface area contributed by atoms with Gasteiger partial charge in [0.1, 0.15) is 12.4 Å². The lowest BCUT2D eigenvalue weighted by Crippen LogP contribution is -2.17. The molecule has 1 saturated heterocycles. The van der Waals surface area contributed by atoms with Crippen LogP contribution in [-0.4, -0.2) is 19.0 Å². The van der Waals surface area contributed by atoms with Crippen molar-refractivity contribution in [3.8, 4) is 5.75 Å². The predicted molar refractivity (Wildman–Crippen MR) is 118 cm³/mol. The molecule has 1 aliphatic heterocycles. The largest absolute Gasteiger partial charge is 0.489 e. The molecule has 3 aromatic carbocycles. The standard InChI is InChI=1S/C24H23ClN2O2/c25-23-9-2-1-6-19(23)17-29-22-8-5-7-18(16-22)24(28)26-20-10-12-21(13-11-20)27-14-3-4-15-27/h1-2,5-13,16H,3-4,14-15,17H2,(H,26,28). The van der Waals surface area contributed by atoms with E-state index in [-0.39, 0.29) is 5.91 Å². The van der Waals surface area contributed by atoms with Crippen molar-refractivity contribution in [3.05, 3.63) is 88.9 Å². The molecular weight excluding hydrogens is 384 g/mol. The van der Waals surface area contributed by atoms with Crippen LogP contribution in [-0.2, 0) is 6.61 Å². The minimum atomic E-state index is -0.165. The second-order valence-electron chi connectivity index (χ2n) is 7.10. The van der Waals surface area contributed by atoms with Crippen molar-refractivity contribution >= 4 is 28.9 Å². The van der Waals surface area contributed by atoms with Gasteiger partial charge in [-0.15, -0.1) is 0 Å². The lowest BCUT2D eigenvalue weighted by Gasteiger charge is -2.17. The van der Waals surface area contributed by atoms with E-state index in [2.05, 4.69) is 22.3 Å². The normalized spacial score (nSPS) is 13.3. The summed E-state index contributed by atoms with van der Waals surface area (Å²) in [5, 5.41) is 3.62. The number of nitrogens with zero attached hydrogens (tertiary/aromatic N) is 1. The van der Waals surface area contributed by atoms with Crippen molar-refractivity contribution in [1.29, 1.82) is 0 Å². The molecular formula is C24H23ClN2O2. The first-order chi connectivity index (χ1) is 14.2. The minimum Gasteiger partial charge on any atom is -0.489 e. The van der Waals surface area contributed by atoms with Gasteiger partial charge in [0.15, 0.2) is 0 Å². The first-order valence-corrected chi connectivity index (χ1v) is 10.2. The number of carbonyl (C=O) groups excluding carboxylic acids is 1. The molecule has 0 radical (unpaired) electrons. The van der Waals surface area contributed by atoms with Gasteiger partial charge < -0.3 is 15.0 Å². The fourth-order valence-electron chi connectivity index (χ4n) is 3.44. The quantitative estimate of drug-likeness (QED) is 0.564. The summed E-state index contributed by atoms with van der Waals surface area (Å²) in [7, 11) is 0. The van der Waals surface area contributed by atoms with Gasteiger partial charge in [-0.05, 0) is 61.4 Å². The van der Waals surface area contributed by atoms with Gasteiger partial charge in [0.2, 0.25) is 0 Å². The summed E-state index contributed by atoms with van der Waals surface area (Å²) in [6, 6.07) is 22.7. The number of amides is 1. The number of halogens is 1. The molecule has 4 rings (SSSR count). The Balaban J connectivity index is 1.38. The molecule has 0 bridgehead atoms. The Morgan fingerprint density at radius 2 is 1.72 bits per heavy atom. The number of anilines is 2. The molecule has 0 aromatic heterocycles. The maximum atomic E-state index is 12.6. The molecule has 0 spiro atoms. The highest BCUT2D eigenvalue weighted by Gasteiger charge is 2.13. The van der Waals surface area contributed by atoms with Crippen molar-refractivity contribution < 1.29 is 9.53 Å². The van der Waals surface area contributed by atoms with Crippen molar-refractivity contribution in [1.82, 2.24) is 0 Å². The molecule has 0 unspecified atom stereocenters. The summed E-state index contributed by atoms with van der Waals surface area (Å²) >= 11 is 6.17. The summed E-state index contributed by atoms with van der Waals surface area (Å²) in [6.45, 7) is 2.56. The van der Waals surface area contributed by atoms with Crippen molar-refractivity contribution in [2.45, 2.75) is 19.4 Å². The fraction of sp³-hybridized carbons (Fsp3) is 0.208. The zero-order valence-electron chi connectivity index (χ0n) is 16.1. The van der Waals surface area contributed by atoms with Crippen molar-refractivity contribution in [2.75, 3.05) is 23.3 Å². The van der Waals surface area contributed by atoms with E-state index in [1.165, 1.54) is 18.5 Å². The highest BCUT2D eigenvalue weighted by molar-refractivity contribution is 6.31. The average molecular weight is 407 g/mol. The lowest BCUT2D eigenvalue weighted by molar-refractivity contribution is 0.102. The maximum absolute atomic E-state index is 12.6. The Kier molecular flexibility index (Phi) is 6.01. The van der Waals surface area contributed by atoms with Gasteiger partial charge in [0, 0.05) is 40.6 Å². The number of rotatable bonds is 6. The van der Waals surface area contributed by atoms with E-state index < -0.39 is 0 Å². The summed E-state index contributed by atoms with van der Waals surface area (Å²) < 4.78 is 5.82. The van der Waals surface area contributed by atoms with E-state index in [1.807, 2.05) is 48.5 Å². The van der Waals surface area contributed by atoms with Crippen LogP contribution in [0.15, 0.2) is 72.8 Å². The van der Waals surface area contributed by atoms with E-state index in [9.17, 15) is 4.79 Å². The number of benzene rings is 3. The van der Waals surface area contributed by atoms with Gasteiger partial charge in [0.25, 0.3) is 5.91 Å². The molecule has 1 heterocycles. The highest BCUT2D eigenvalue weighted by atomic mass is 35.5. The molecule has 29 heavy (non-hydrogen) atoms. The molecule has 5 heteroatoms. The molecule has 0 saturated carbocycles. The van der Waals surface area contributed by atoms with Crippen LogP contribution in [0.25, 0.3) is 0 Å². The lowest BCUT2D eigenvalue weighted by atomic mass is 10.2. The van der Waals surface area contributed by atoms with Crippen LogP contribution >= 0.6 is 11.6 Å². The van der Waals surface area contributed by atoms with Crippen LogP contribution in [0, 0.1) is 0 Å². The summed E-state index contributed by atoms with van der Waals surface area (Å²) in [4.78, 5) is 15.0. The van der Waals surface area contributed by atoms with Crippen molar-refractivity contribution in [3.63, 3.8) is 0 Å². The Morgan fingerprint density at radius 3 is 2.48 bits per heavy atom. The second-order valence-corrected chi connectivity index (χ2v) is 7.51. The molecule has 4 nitrogen and oxygen atoms in total. The first-order valence-electron chi connectivity index (χ1n) is 9.82. The van der Waals surface area contributed by atoms with Gasteiger partial charge in [0.05, 0.1) is 0 Å². The zero-order valence-corrected chi connectivity index (χ0v) is 16.9. The van der Waals surface area contributed by atoms with E-state index in [4.69, 9.17) is 16.3 Å². The fourth-order valence-corrected chi connectivity index (χ4v) is 3.63. The third-order valence-electron chi connectivity index (χ3n) is 5.04. The molecule has 0 aliphatic carbocycles. The molecule has 148 valence electrons. The molecule has 1 aliphatic rings. The van der Waals surface area contributed by atoms with Crippen LogP contribution in [0.2, 0.25) is 5.02 Å². The van der Waals surface area contributed by atoms with Crippen LogP contribution < -0.4 is 15.0 Å². The van der Waals surface area contributed by atoms with Crippen molar-refractivity contribution in [2.24, 2.45) is 0 Å². The molecule has 1 fully saturated rings. The number of nitrogens with one attached hydrogen (secondary N) is 1. The second kappa shape index (κ2) is 9.01. The van der Waals surface area contributed by atoms with Crippen LogP contribution in [0.5, 0.6) is 5.75 Å². The van der Waals surface area contributed by atoms with Gasteiger partial charge in [-0.25, -0.2) is 0 Å². The number of hydrogen-bond acceptors (Lipinski definition) is 3. The van der Waals surface area contributed by atoms with Gasteiger partial charge in [-0.1, -0.05) is 35.9 Å². The van der Waals surface area contributed by atoms with Gasteiger partial charge >= 0.3 is 0 Å². The van der Waals surface area contributed by atoms with E-state index in [0.717, 1.165) is 24.3 Å². The Labute approximate surface area is 176 Å². The molecule has 1 N–H and O–H groups in total. The summed E-state index contributed by atoms with van der Waals surface area (Å²) in [6.07, 6.45) is 2.49. The minimum absolute atomic E-state index is 0.165. The Hall–Kier alpha value is -2.98.